The maximum absolute atomic E-state index is 9.54. The Labute approximate surface area is 187 Å². The molecule has 0 aromatic carbocycles. The number of hydrogen-bond acceptors (Lipinski definition) is 10. The number of aliphatic hydroxyl groups is 5. The molecule has 2 aliphatic rings. The van der Waals surface area contributed by atoms with E-state index in [2.05, 4.69) is 31.4 Å². The summed E-state index contributed by atoms with van der Waals surface area (Å²) in [6.07, 6.45) is -5.92. The molecule has 0 amide bonds. The largest absolute Gasteiger partial charge is 0.390 e. The summed E-state index contributed by atoms with van der Waals surface area (Å²) in [5, 5.41) is 52.7. The molecule has 0 saturated carbocycles. The van der Waals surface area contributed by atoms with Crippen molar-refractivity contribution in [2.45, 2.75) is 49.1 Å². The molecule has 0 aliphatic carbocycles. The fourth-order valence-corrected chi connectivity index (χ4v) is 2.22. The zero-order chi connectivity index (χ0) is 23.1. The maximum atomic E-state index is 9.54. The Balaban J connectivity index is 0.000000505. The first kappa shape index (κ1) is 29.3. The standard InChI is InChI=1S/C8H13N3O4.C5H9N3O4.2ClH.Pd/c1-2-3-14-8-7(13)6(12)5(4-15-8)10-11-9;6-8-7-2-1-12-5(11)4(10)3(2)9;;;/h2,5-8,12-13H,1,3-4H2;2-5,9-11H,1H2;2*1H;/q;;;;+2/p-2/t5-,6-,7?,8+;2-,3-,4?,5+;;;/m00.../s1. The number of hydrogen-bond donors (Lipinski definition) is 5. The van der Waals surface area contributed by atoms with Crippen LogP contribution in [0.5, 0.6) is 0 Å². The minimum atomic E-state index is -1.42. The molecule has 2 unspecified atom stereocenters. The van der Waals surface area contributed by atoms with Gasteiger partial charge in [0.2, 0.25) is 0 Å². The Bertz CT molecular complexity index is 600. The third kappa shape index (κ3) is 10.1. The molecule has 2 heterocycles. The van der Waals surface area contributed by atoms with Crippen LogP contribution in [0.4, 0.5) is 0 Å². The zero-order valence-electron chi connectivity index (χ0n) is 15.2. The van der Waals surface area contributed by atoms with Crippen LogP contribution in [0.2, 0.25) is 0 Å². The average molecular weight is 568 g/mol. The van der Waals surface area contributed by atoms with E-state index in [-0.39, 0.29) is 35.8 Å². The van der Waals surface area contributed by atoms with Gasteiger partial charge in [0, 0.05) is 9.82 Å². The van der Waals surface area contributed by atoms with E-state index < -0.39 is 49.1 Å². The van der Waals surface area contributed by atoms with Gasteiger partial charge >= 0.3 is 35.0 Å². The molecular weight excluding hydrogens is 546 g/mol. The first-order valence-corrected chi connectivity index (χ1v) is 12.1. The Morgan fingerprint density at radius 2 is 1.43 bits per heavy atom. The third-order valence-electron chi connectivity index (χ3n) is 3.71. The second-order valence-electron chi connectivity index (χ2n) is 5.60. The van der Waals surface area contributed by atoms with Gasteiger partial charge < -0.3 is 39.7 Å². The molecule has 0 aromatic rings. The molecule has 30 heavy (non-hydrogen) atoms. The predicted octanol–water partition coefficient (Wildman–Crippen LogP) is 0.0582. The van der Waals surface area contributed by atoms with Crippen LogP contribution in [0.1, 0.15) is 0 Å². The second-order valence-corrected chi connectivity index (χ2v) is 7.96. The molecule has 5 N–H and O–H groups in total. The number of nitrogens with zero attached hydrogens (tertiary/aromatic N) is 6. The molecule has 17 heteroatoms. The molecular formula is C13H22Cl2N6O8Pd. The minimum absolute atomic E-state index is 0.0180. The Kier molecular flexibility index (Phi) is 16.5. The summed E-state index contributed by atoms with van der Waals surface area (Å²) in [7, 11) is 9.63. The Hall–Kier alpha value is -0.718. The molecule has 2 saturated heterocycles. The van der Waals surface area contributed by atoms with Crippen molar-refractivity contribution in [2.24, 2.45) is 10.2 Å². The zero-order valence-corrected chi connectivity index (χ0v) is 18.3. The van der Waals surface area contributed by atoms with E-state index in [1.54, 1.807) is 0 Å². The van der Waals surface area contributed by atoms with Gasteiger partial charge in [0.05, 0.1) is 44.1 Å². The molecule has 2 fully saturated rings. The number of ether oxygens (including phenoxy) is 3. The van der Waals surface area contributed by atoms with Crippen molar-refractivity contribution in [3.05, 3.63) is 33.5 Å². The van der Waals surface area contributed by atoms with E-state index in [1.165, 1.54) is 6.08 Å². The Morgan fingerprint density at radius 3 is 1.90 bits per heavy atom. The van der Waals surface area contributed by atoms with Crippen molar-refractivity contribution in [1.29, 1.82) is 0 Å². The van der Waals surface area contributed by atoms with Gasteiger partial charge in [-0.15, -0.1) is 6.58 Å². The Morgan fingerprint density at radius 1 is 0.967 bits per heavy atom. The summed E-state index contributed by atoms with van der Waals surface area (Å²) < 4.78 is 14.7. The average Bonchev–Trinajstić information content (AvgIpc) is 2.73. The van der Waals surface area contributed by atoms with Crippen LogP contribution in [0, 0.1) is 0 Å². The molecule has 0 bridgehead atoms. The van der Waals surface area contributed by atoms with Crippen molar-refractivity contribution < 1.29 is 55.7 Å². The van der Waals surface area contributed by atoms with Crippen molar-refractivity contribution >= 4 is 19.1 Å². The third-order valence-corrected chi connectivity index (χ3v) is 3.71. The van der Waals surface area contributed by atoms with E-state index >= 15 is 0 Å². The van der Waals surface area contributed by atoms with Gasteiger partial charge in [0.1, 0.15) is 12.2 Å². The topological polar surface area (TPSA) is 226 Å². The quantitative estimate of drug-likeness (QED) is 0.100. The van der Waals surface area contributed by atoms with Crippen LogP contribution in [0.15, 0.2) is 22.9 Å². The van der Waals surface area contributed by atoms with Gasteiger partial charge in [-0.2, -0.15) is 0 Å². The second kappa shape index (κ2) is 16.9. The molecule has 14 nitrogen and oxygen atoms in total. The van der Waals surface area contributed by atoms with Gasteiger partial charge in [0.15, 0.2) is 12.6 Å². The summed E-state index contributed by atoms with van der Waals surface area (Å²) in [4.78, 5) is 5.01. The summed E-state index contributed by atoms with van der Waals surface area (Å²) in [5.41, 5.74) is 16.2. The van der Waals surface area contributed by atoms with Crippen molar-refractivity contribution in [3.8, 4) is 0 Å². The molecule has 2 rings (SSSR count). The van der Waals surface area contributed by atoms with Gasteiger partial charge in [-0.1, -0.05) is 16.3 Å². The number of halogens is 2. The summed E-state index contributed by atoms with van der Waals surface area (Å²) >= 11 is -0.106. The van der Waals surface area contributed by atoms with Crippen molar-refractivity contribution in [3.63, 3.8) is 0 Å². The van der Waals surface area contributed by atoms with Gasteiger partial charge in [-0.25, -0.2) is 0 Å². The normalized spacial score (nSPS) is 35.3. The number of rotatable bonds is 5. The summed E-state index contributed by atoms with van der Waals surface area (Å²) in [6, 6.07) is -1.62. The van der Waals surface area contributed by atoms with Crippen LogP contribution in [-0.4, -0.2) is 94.4 Å². The fourth-order valence-electron chi connectivity index (χ4n) is 2.22. The van der Waals surface area contributed by atoms with Crippen LogP contribution in [0.3, 0.4) is 0 Å². The first-order chi connectivity index (χ1) is 14.3. The van der Waals surface area contributed by atoms with Crippen molar-refractivity contribution in [2.75, 3.05) is 19.8 Å². The molecule has 0 aromatic heterocycles. The van der Waals surface area contributed by atoms with Crippen LogP contribution >= 0.6 is 19.1 Å². The molecule has 2 aliphatic heterocycles. The van der Waals surface area contributed by atoms with Gasteiger partial charge in [0.25, 0.3) is 0 Å². The van der Waals surface area contributed by atoms with E-state index in [4.69, 9.17) is 49.8 Å². The van der Waals surface area contributed by atoms with Gasteiger partial charge in [-0.3, -0.25) is 0 Å². The molecule has 0 radical (unpaired) electrons. The van der Waals surface area contributed by atoms with E-state index in [9.17, 15) is 15.3 Å². The smallest absolute Gasteiger partial charge is 0.183 e. The molecule has 8 atom stereocenters. The van der Waals surface area contributed by atoms with E-state index in [0.717, 1.165) is 0 Å². The maximum Gasteiger partial charge on any atom is 0.183 e. The predicted molar refractivity (Wildman–Crippen MR) is 99.4 cm³/mol. The van der Waals surface area contributed by atoms with Crippen molar-refractivity contribution in [1.82, 2.24) is 0 Å². The number of azide groups is 2. The van der Waals surface area contributed by atoms with E-state index in [1.807, 2.05) is 0 Å². The minimum Gasteiger partial charge on any atom is -0.390 e. The van der Waals surface area contributed by atoms with Crippen LogP contribution in [-0.2, 0) is 30.2 Å². The number of aliphatic hydroxyl groups excluding tert-OH is 5. The summed E-state index contributed by atoms with van der Waals surface area (Å²) in [5.74, 6) is 0. The first-order valence-electron chi connectivity index (χ1n) is 8.05. The van der Waals surface area contributed by atoms with Crippen LogP contribution in [0.25, 0.3) is 20.9 Å². The van der Waals surface area contributed by atoms with Gasteiger partial charge in [-0.05, 0) is 11.1 Å². The molecule has 176 valence electrons. The summed E-state index contributed by atoms with van der Waals surface area (Å²) in [6.45, 7) is 3.58. The van der Waals surface area contributed by atoms with Crippen LogP contribution < -0.4 is 0 Å². The fraction of sp³-hybridized carbons (Fsp3) is 0.846. The molecule has 0 spiro atoms. The SMILES string of the molecule is C=CCO[C@@H]1OC[C@H](N=[N+]=[N-])[C@H](O)C1O.[Cl][Pd][Cl].[N-]=[N+]=N[C@H]1CO[C@@H](O)C(O)[C@H]1O. The monoisotopic (exact) mass is 566 g/mol. The van der Waals surface area contributed by atoms with E-state index in [0.29, 0.717) is 0 Å².